The molecule has 2 unspecified atom stereocenters. The topological polar surface area (TPSA) is 53.6 Å². The van der Waals surface area contributed by atoms with Crippen LogP contribution in [0.15, 0.2) is 0 Å². The zero-order chi connectivity index (χ0) is 11.3. The quantitative estimate of drug-likeness (QED) is 0.611. The largest absolute Gasteiger partial charge is 0.379 e. The fourth-order valence-corrected chi connectivity index (χ4v) is 1.63. The Morgan fingerprint density at radius 2 is 2.20 bits per heavy atom. The molecule has 88 valence electrons. The van der Waals surface area contributed by atoms with E-state index >= 15 is 0 Å². The molecule has 1 saturated heterocycles. The van der Waals surface area contributed by atoms with Gasteiger partial charge in [-0.2, -0.15) is 0 Å². The first-order valence-corrected chi connectivity index (χ1v) is 5.32. The summed E-state index contributed by atoms with van der Waals surface area (Å²) in [6, 6.07) is 0.157. The Morgan fingerprint density at radius 3 is 2.80 bits per heavy atom. The third-order valence-corrected chi connectivity index (χ3v) is 2.65. The summed E-state index contributed by atoms with van der Waals surface area (Å²) in [5.41, 5.74) is 0. The monoisotopic (exact) mass is 215 g/mol. The number of carbonyl (C=O) groups excluding carboxylic acids is 1. The standard InChI is InChI=1S/C10H21N3O2/c1-11-9-7-15-6-8(9)10(14)12-4-5-13(2)3/h8-9,11H,4-7H2,1-3H3,(H,12,14). The van der Waals surface area contributed by atoms with Crippen molar-refractivity contribution in [2.75, 3.05) is 47.4 Å². The number of nitrogens with one attached hydrogen (secondary N) is 2. The van der Waals surface area contributed by atoms with Gasteiger partial charge in [-0.05, 0) is 21.1 Å². The molecule has 1 amide bonds. The summed E-state index contributed by atoms with van der Waals surface area (Å²) in [4.78, 5) is 13.8. The highest BCUT2D eigenvalue weighted by Crippen LogP contribution is 2.12. The molecule has 5 heteroatoms. The van der Waals surface area contributed by atoms with Crippen LogP contribution in [0.2, 0.25) is 0 Å². The van der Waals surface area contributed by atoms with Crippen molar-refractivity contribution in [3.63, 3.8) is 0 Å². The molecule has 1 aliphatic heterocycles. The SMILES string of the molecule is CNC1COCC1C(=O)NCCN(C)C. The number of ether oxygens (including phenoxy) is 1. The summed E-state index contributed by atoms with van der Waals surface area (Å²) in [6.07, 6.45) is 0. The second kappa shape index (κ2) is 6.05. The van der Waals surface area contributed by atoms with E-state index in [2.05, 4.69) is 10.6 Å². The summed E-state index contributed by atoms with van der Waals surface area (Å²) in [5.74, 6) is 0.0471. The van der Waals surface area contributed by atoms with Crippen LogP contribution in [0.4, 0.5) is 0 Å². The summed E-state index contributed by atoms with van der Waals surface area (Å²) in [6.45, 7) is 2.71. The third-order valence-electron chi connectivity index (χ3n) is 2.65. The molecule has 15 heavy (non-hydrogen) atoms. The van der Waals surface area contributed by atoms with E-state index in [1.807, 2.05) is 26.0 Å². The van der Waals surface area contributed by atoms with Crippen molar-refractivity contribution in [1.82, 2.24) is 15.5 Å². The van der Waals surface area contributed by atoms with E-state index in [9.17, 15) is 4.79 Å². The first-order valence-electron chi connectivity index (χ1n) is 5.32. The average Bonchev–Trinajstić information content (AvgIpc) is 2.64. The molecule has 5 nitrogen and oxygen atoms in total. The van der Waals surface area contributed by atoms with Crippen LogP contribution in [-0.4, -0.2) is 64.3 Å². The van der Waals surface area contributed by atoms with Crippen molar-refractivity contribution in [2.24, 2.45) is 5.92 Å². The lowest BCUT2D eigenvalue weighted by atomic mass is 10.0. The van der Waals surface area contributed by atoms with Crippen molar-refractivity contribution in [3.8, 4) is 0 Å². The molecular formula is C10H21N3O2. The molecule has 0 radical (unpaired) electrons. The van der Waals surface area contributed by atoms with Gasteiger partial charge < -0.3 is 20.3 Å². The van der Waals surface area contributed by atoms with E-state index in [1.54, 1.807) is 0 Å². The Bertz CT molecular complexity index is 209. The molecule has 1 rings (SSSR count). The molecule has 2 atom stereocenters. The summed E-state index contributed by atoms with van der Waals surface area (Å²) >= 11 is 0. The lowest BCUT2D eigenvalue weighted by Gasteiger charge is -2.17. The molecule has 0 saturated carbocycles. The number of hydrogen-bond donors (Lipinski definition) is 2. The van der Waals surface area contributed by atoms with Gasteiger partial charge in [0.2, 0.25) is 5.91 Å². The van der Waals surface area contributed by atoms with E-state index in [0.29, 0.717) is 19.8 Å². The minimum Gasteiger partial charge on any atom is -0.379 e. The van der Waals surface area contributed by atoms with Crippen LogP contribution in [0.25, 0.3) is 0 Å². The maximum atomic E-state index is 11.7. The Hall–Kier alpha value is -0.650. The molecule has 0 aromatic rings. The zero-order valence-electron chi connectivity index (χ0n) is 9.75. The molecule has 0 spiro atoms. The average molecular weight is 215 g/mol. The molecule has 0 aliphatic carbocycles. The summed E-state index contributed by atoms with van der Waals surface area (Å²) in [7, 11) is 5.84. The van der Waals surface area contributed by atoms with Gasteiger partial charge in [0.05, 0.1) is 19.1 Å². The lowest BCUT2D eigenvalue weighted by molar-refractivity contribution is -0.125. The van der Waals surface area contributed by atoms with Crippen molar-refractivity contribution in [2.45, 2.75) is 6.04 Å². The first kappa shape index (κ1) is 12.4. The Labute approximate surface area is 91.2 Å². The first-order chi connectivity index (χ1) is 7.15. The molecule has 0 aromatic carbocycles. The van der Waals surface area contributed by atoms with Gasteiger partial charge in [0.1, 0.15) is 0 Å². The molecule has 0 bridgehead atoms. The number of carbonyl (C=O) groups is 1. The predicted octanol–water partition coefficient (Wildman–Crippen LogP) is -1.10. The van der Waals surface area contributed by atoms with Crippen LogP contribution in [0.5, 0.6) is 0 Å². The minimum absolute atomic E-state index is 0.0443. The van der Waals surface area contributed by atoms with Gasteiger partial charge in [0.15, 0.2) is 0 Å². The number of rotatable bonds is 5. The van der Waals surface area contributed by atoms with Gasteiger partial charge in [-0.3, -0.25) is 4.79 Å². The van der Waals surface area contributed by atoms with Crippen LogP contribution >= 0.6 is 0 Å². The van der Waals surface area contributed by atoms with E-state index in [0.717, 1.165) is 6.54 Å². The van der Waals surface area contributed by atoms with Crippen LogP contribution < -0.4 is 10.6 Å². The second-order valence-corrected chi connectivity index (χ2v) is 4.13. The van der Waals surface area contributed by atoms with E-state index in [-0.39, 0.29) is 17.9 Å². The maximum absolute atomic E-state index is 11.7. The number of nitrogens with zero attached hydrogens (tertiary/aromatic N) is 1. The van der Waals surface area contributed by atoms with Crippen molar-refractivity contribution in [1.29, 1.82) is 0 Å². The summed E-state index contributed by atoms with van der Waals surface area (Å²) < 4.78 is 5.28. The zero-order valence-corrected chi connectivity index (χ0v) is 9.75. The van der Waals surface area contributed by atoms with Crippen LogP contribution in [0.1, 0.15) is 0 Å². The smallest absolute Gasteiger partial charge is 0.227 e. The van der Waals surface area contributed by atoms with Crippen LogP contribution in [-0.2, 0) is 9.53 Å². The van der Waals surface area contributed by atoms with Crippen LogP contribution in [0, 0.1) is 5.92 Å². The number of amides is 1. The Morgan fingerprint density at radius 1 is 1.47 bits per heavy atom. The Kier molecular flexibility index (Phi) is 5.01. The molecule has 2 N–H and O–H groups in total. The van der Waals surface area contributed by atoms with Gasteiger partial charge in [-0.1, -0.05) is 0 Å². The van der Waals surface area contributed by atoms with Gasteiger partial charge in [0, 0.05) is 19.1 Å². The normalized spacial score (nSPS) is 25.9. The van der Waals surface area contributed by atoms with E-state index < -0.39 is 0 Å². The molecule has 1 fully saturated rings. The van der Waals surface area contributed by atoms with Gasteiger partial charge in [-0.25, -0.2) is 0 Å². The van der Waals surface area contributed by atoms with Gasteiger partial charge in [-0.15, -0.1) is 0 Å². The highest BCUT2D eigenvalue weighted by atomic mass is 16.5. The maximum Gasteiger partial charge on any atom is 0.227 e. The highest BCUT2D eigenvalue weighted by molar-refractivity contribution is 5.79. The fraction of sp³-hybridized carbons (Fsp3) is 0.900. The van der Waals surface area contributed by atoms with E-state index in [1.165, 1.54) is 0 Å². The van der Waals surface area contributed by atoms with Crippen molar-refractivity contribution < 1.29 is 9.53 Å². The van der Waals surface area contributed by atoms with Crippen LogP contribution in [0.3, 0.4) is 0 Å². The van der Waals surface area contributed by atoms with Gasteiger partial charge >= 0.3 is 0 Å². The highest BCUT2D eigenvalue weighted by Gasteiger charge is 2.32. The lowest BCUT2D eigenvalue weighted by Crippen LogP contribution is -2.44. The molecule has 1 aliphatic rings. The molecule has 1 heterocycles. The number of hydrogen-bond acceptors (Lipinski definition) is 4. The fourth-order valence-electron chi connectivity index (χ4n) is 1.63. The predicted molar refractivity (Wildman–Crippen MR) is 58.7 cm³/mol. The van der Waals surface area contributed by atoms with Gasteiger partial charge in [0.25, 0.3) is 0 Å². The van der Waals surface area contributed by atoms with Crippen molar-refractivity contribution >= 4 is 5.91 Å². The molecule has 0 aromatic heterocycles. The third kappa shape index (κ3) is 3.77. The number of likely N-dealkylation sites (N-methyl/N-ethyl adjacent to an activating group) is 2. The Balaban J connectivity index is 2.27. The molecular weight excluding hydrogens is 194 g/mol. The minimum atomic E-state index is -0.0443. The summed E-state index contributed by atoms with van der Waals surface area (Å²) in [5, 5.41) is 6.02. The van der Waals surface area contributed by atoms with E-state index in [4.69, 9.17) is 4.74 Å². The second-order valence-electron chi connectivity index (χ2n) is 4.13. The van der Waals surface area contributed by atoms with Crippen molar-refractivity contribution in [3.05, 3.63) is 0 Å².